The minimum absolute atomic E-state index is 0.111. The molecule has 4 aliphatic carbocycles. The molecule has 0 aromatic rings. The van der Waals surface area contributed by atoms with Crippen molar-refractivity contribution in [3.05, 3.63) is 10.6 Å². The number of carbonyl (C=O) groups excluding carboxylic acids is 1. The van der Waals surface area contributed by atoms with Gasteiger partial charge in [-0.2, -0.15) is 0 Å². The molecule has 6 atom stereocenters. The van der Waals surface area contributed by atoms with Crippen molar-refractivity contribution in [1.29, 1.82) is 0 Å². The molecule has 0 saturated heterocycles. The summed E-state index contributed by atoms with van der Waals surface area (Å²) in [5, 5.41) is 11.0. The molecule has 0 aliphatic heterocycles. The number of aliphatic hydroxyl groups excluding tert-OH is 1. The number of Topliss-reactive ketones (excluding diaryl/α,β-unsaturated/α-hetero) is 1. The van der Waals surface area contributed by atoms with Crippen molar-refractivity contribution in [2.75, 3.05) is 0 Å². The summed E-state index contributed by atoms with van der Waals surface area (Å²) >= 11 is 6.41. The average Bonchev–Trinajstić information content (AvgIpc) is 2.79. The highest BCUT2D eigenvalue weighted by Crippen LogP contribution is 2.65. The highest BCUT2D eigenvalue weighted by Gasteiger charge is 2.59. The molecule has 4 aliphatic rings. The molecule has 0 amide bonds. The van der Waals surface area contributed by atoms with Crippen LogP contribution in [0, 0.1) is 28.6 Å². The van der Waals surface area contributed by atoms with E-state index in [0.717, 1.165) is 32.1 Å². The van der Waals surface area contributed by atoms with Gasteiger partial charge in [0.25, 0.3) is 0 Å². The van der Waals surface area contributed by atoms with E-state index in [1.807, 2.05) is 0 Å². The number of hydrogen-bond donors (Lipinski definition) is 1. The molecule has 0 unspecified atom stereocenters. The second-order valence-corrected chi connectivity index (χ2v) is 9.06. The third-order valence-corrected chi connectivity index (χ3v) is 8.44. The van der Waals surface area contributed by atoms with Crippen molar-refractivity contribution in [3.63, 3.8) is 0 Å². The molecule has 0 heterocycles. The molecule has 4 rings (SSSR count). The van der Waals surface area contributed by atoms with Gasteiger partial charge in [-0.15, -0.1) is 0 Å². The van der Waals surface area contributed by atoms with E-state index < -0.39 is 0 Å². The SMILES string of the molecule is C[C@@]12CC[C@@H]3[C@H](CCC4=C(Cl)C(=O)CC[C@@]43C)[C@H]1CC[C@@H]2O. The van der Waals surface area contributed by atoms with E-state index in [1.54, 1.807) is 0 Å². The minimum Gasteiger partial charge on any atom is -0.393 e. The molecule has 2 nitrogen and oxygen atoms in total. The van der Waals surface area contributed by atoms with E-state index >= 15 is 0 Å². The van der Waals surface area contributed by atoms with Crippen molar-refractivity contribution in [3.8, 4) is 0 Å². The van der Waals surface area contributed by atoms with Crippen LogP contribution >= 0.6 is 11.6 Å². The maximum atomic E-state index is 12.0. The Kier molecular flexibility index (Phi) is 3.34. The summed E-state index contributed by atoms with van der Waals surface area (Å²) < 4.78 is 0. The van der Waals surface area contributed by atoms with Crippen LogP contribution in [0.4, 0.5) is 0 Å². The predicted octanol–water partition coefficient (Wildman–Crippen LogP) is 4.45. The molecule has 22 heavy (non-hydrogen) atoms. The zero-order valence-corrected chi connectivity index (χ0v) is 14.5. The van der Waals surface area contributed by atoms with Crippen LogP contribution in [0.5, 0.6) is 0 Å². The molecule has 122 valence electrons. The predicted molar refractivity (Wildman–Crippen MR) is 87.5 cm³/mol. The van der Waals surface area contributed by atoms with Crippen molar-refractivity contribution in [1.82, 2.24) is 0 Å². The first-order chi connectivity index (χ1) is 10.4. The van der Waals surface area contributed by atoms with Gasteiger partial charge in [-0.3, -0.25) is 4.79 Å². The number of rotatable bonds is 0. The van der Waals surface area contributed by atoms with Crippen molar-refractivity contribution < 1.29 is 9.90 Å². The number of ketones is 1. The molecule has 3 saturated carbocycles. The highest BCUT2D eigenvalue weighted by molar-refractivity contribution is 6.43. The van der Waals surface area contributed by atoms with Crippen LogP contribution in [-0.2, 0) is 4.79 Å². The number of halogens is 1. The van der Waals surface area contributed by atoms with Gasteiger partial charge in [0.05, 0.1) is 11.1 Å². The Labute approximate surface area is 138 Å². The standard InChI is InChI=1S/C19H27ClO2/c1-18-10-8-15(21)17(20)14(18)4-3-11-12-5-6-16(22)19(12,2)9-7-13(11)18/h11-13,16,22H,3-10H2,1-2H3/t11-,12-,13-,16+,18-,19-/m1/s1. The van der Waals surface area contributed by atoms with Gasteiger partial charge in [-0.1, -0.05) is 25.4 Å². The monoisotopic (exact) mass is 322 g/mol. The van der Waals surface area contributed by atoms with Crippen molar-refractivity contribution in [2.24, 2.45) is 28.6 Å². The molecule has 0 aromatic heterocycles. The first kappa shape index (κ1) is 15.2. The largest absolute Gasteiger partial charge is 0.393 e. The van der Waals surface area contributed by atoms with Gasteiger partial charge >= 0.3 is 0 Å². The lowest BCUT2D eigenvalue weighted by atomic mass is 9.47. The number of aliphatic hydroxyl groups is 1. The minimum atomic E-state index is -0.111. The Bertz CT molecular complexity index is 554. The summed E-state index contributed by atoms with van der Waals surface area (Å²) in [4.78, 5) is 12.0. The lowest BCUT2D eigenvalue weighted by molar-refractivity contribution is -0.118. The van der Waals surface area contributed by atoms with Crippen LogP contribution in [0.15, 0.2) is 10.6 Å². The van der Waals surface area contributed by atoms with Gasteiger partial charge in [-0.05, 0) is 79.1 Å². The molecule has 3 heteroatoms. The van der Waals surface area contributed by atoms with E-state index in [4.69, 9.17) is 11.6 Å². The number of hydrogen-bond acceptors (Lipinski definition) is 2. The van der Waals surface area contributed by atoms with Crippen molar-refractivity contribution in [2.45, 2.75) is 71.3 Å². The summed E-state index contributed by atoms with van der Waals surface area (Å²) in [5.41, 5.74) is 1.52. The summed E-state index contributed by atoms with van der Waals surface area (Å²) in [6.45, 7) is 4.68. The number of allylic oxidation sites excluding steroid dienone is 1. The summed E-state index contributed by atoms with van der Waals surface area (Å²) in [6.07, 6.45) is 8.11. The summed E-state index contributed by atoms with van der Waals surface area (Å²) in [6, 6.07) is 0. The molecular formula is C19H27ClO2. The van der Waals surface area contributed by atoms with Gasteiger partial charge in [0.15, 0.2) is 5.78 Å². The molecule has 0 bridgehead atoms. The maximum Gasteiger partial charge on any atom is 0.174 e. The van der Waals surface area contributed by atoms with Crippen LogP contribution < -0.4 is 0 Å². The van der Waals surface area contributed by atoms with Gasteiger partial charge in [0.1, 0.15) is 0 Å². The third-order valence-electron chi connectivity index (χ3n) is 8.00. The Morgan fingerprint density at radius 2 is 1.82 bits per heavy atom. The normalized spacial score (nSPS) is 51.4. The van der Waals surface area contributed by atoms with Gasteiger partial charge in [0.2, 0.25) is 0 Å². The Morgan fingerprint density at radius 3 is 2.59 bits per heavy atom. The van der Waals surface area contributed by atoms with E-state index in [0.29, 0.717) is 29.2 Å². The Balaban J connectivity index is 1.72. The first-order valence-electron chi connectivity index (χ1n) is 8.98. The summed E-state index contributed by atoms with van der Waals surface area (Å²) in [5.74, 6) is 2.18. The first-order valence-corrected chi connectivity index (χ1v) is 9.36. The fraction of sp³-hybridized carbons (Fsp3) is 0.842. The molecular weight excluding hydrogens is 296 g/mol. The Morgan fingerprint density at radius 1 is 1.05 bits per heavy atom. The smallest absolute Gasteiger partial charge is 0.174 e. The average molecular weight is 323 g/mol. The zero-order chi connectivity index (χ0) is 15.7. The highest BCUT2D eigenvalue weighted by atomic mass is 35.5. The molecule has 1 N–H and O–H groups in total. The quantitative estimate of drug-likeness (QED) is 0.715. The molecule has 0 aromatic carbocycles. The van der Waals surface area contributed by atoms with Crippen molar-refractivity contribution >= 4 is 17.4 Å². The number of fused-ring (bicyclic) bond motifs is 5. The lowest BCUT2D eigenvalue weighted by Gasteiger charge is -2.57. The fourth-order valence-electron chi connectivity index (χ4n) is 6.62. The van der Waals surface area contributed by atoms with Crippen LogP contribution in [0.3, 0.4) is 0 Å². The van der Waals surface area contributed by atoms with Crippen LogP contribution in [-0.4, -0.2) is 17.0 Å². The van der Waals surface area contributed by atoms with Gasteiger partial charge < -0.3 is 5.11 Å². The molecule has 0 spiro atoms. The van der Waals surface area contributed by atoms with E-state index in [9.17, 15) is 9.90 Å². The molecule has 0 radical (unpaired) electrons. The fourth-order valence-corrected chi connectivity index (χ4v) is 7.03. The molecule has 3 fully saturated rings. The lowest BCUT2D eigenvalue weighted by Crippen LogP contribution is -2.51. The Hall–Kier alpha value is -0.340. The van der Waals surface area contributed by atoms with E-state index in [2.05, 4.69) is 13.8 Å². The number of carbonyl (C=O) groups is 1. The van der Waals surface area contributed by atoms with Gasteiger partial charge in [0, 0.05) is 6.42 Å². The maximum absolute atomic E-state index is 12.0. The van der Waals surface area contributed by atoms with Crippen LogP contribution in [0.2, 0.25) is 0 Å². The van der Waals surface area contributed by atoms with E-state index in [-0.39, 0.29) is 22.7 Å². The third kappa shape index (κ3) is 1.80. The topological polar surface area (TPSA) is 37.3 Å². The second-order valence-electron chi connectivity index (χ2n) is 8.69. The van der Waals surface area contributed by atoms with Crippen LogP contribution in [0.25, 0.3) is 0 Å². The summed E-state index contributed by atoms with van der Waals surface area (Å²) in [7, 11) is 0. The van der Waals surface area contributed by atoms with E-state index in [1.165, 1.54) is 18.4 Å². The second kappa shape index (κ2) is 4.83. The van der Waals surface area contributed by atoms with Gasteiger partial charge in [-0.25, -0.2) is 0 Å². The van der Waals surface area contributed by atoms with Crippen LogP contribution in [0.1, 0.15) is 65.2 Å². The zero-order valence-electron chi connectivity index (χ0n) is 13.7.